The molecule has 0 aromatic heterocycles. The molecule has 88 valence electrons. The van der Waals surface area contributed by atoms with Crippen molar-refractivity contribution in [1.29, 1.82) is 0 Å². The molecule has 0 amide bonds. The number of nitrogens with zero attached hydrogens (tertiary/aromatic N) is 1. The molecule has 0 bridgehead atoms. The van der Waals surface area contributed by atoms with Gasteiger partial charge in [-0.2, -0.15) is 0 Å². The van der Waals surface area contributed by atoms with Gasteiger partial charge in [-0.1, -0.05) is 12.8 Å². The summed E-state index contributed by atoms with van der Waals surface area (Å²) in [6, 6.07) is 0.858. The van der Waals surface area contributed by atoms with E-state index in [1.807, 2.05) is 0 Å². The molecule has 1 aliphatic heterocycles. The molecule has 1 heterocycles. The highest BCUT2D eigenvalue weighted by molar-refractivity contribution is 7.88. The van der Waals surface area contributed by atoms with Crippen molar-refractivity contribution in [3.8, 4) is 0 Å². The van der Waals surface area contributed by atoms with Crippen LogP contribution in [0.3, 0.4) is 0 Å². The number of likely N-dealkylation sites (tertiary alicyclic amines) is 1. The topological polar surface area (TPSA) is 49.4 Å². The molecule has 1 aliphatic carbocycles. The maximum Gasteiger partial charge on any atom is 0.208 e. The second-order valence-corrected chi connectivity index (χ2v) is 6.59. The fourth-order valence-corrected chi connectivity index (χ4v) is 3.59. The zero-order chi connectivity index (χ0) is 10.9. The predicted octanol–water partition coefficient (Wildman–Crippen LogP) is 0.552. The van der Waals surface area contributed by atoms with Crippen LogP contribution in [-0.4, -0.2) is 44.7 Å². The van der Waals surface area contributed by atoms with Gasteiger partial charge >= 0.3 is 0 Å². The van der Waals surface area contributed by atoms with Gasteiger partial charge in [-0.25, -0.2) is 13.1 Å². The van der Waals surface area contributed by atoms with Crippen LogP contribution in [0.1, 0.15) is 32.1 Å². The van der Waals surface area contributed by atoms with Gasteiger partial charge in [-0.15, -0.1) is 0 Å². The second kappa shape index (κ2) is 4.39. The van der Waals surface area contributed by atoms with Crippen LogP contribution in [0, 0.1) is 0 Å². The van der Waals surface area contributed by atoms with Crippen molar-refractivity contribution in [2.45, 2.75) is 44.2 Å². The summed E-state index contributed by atoms with van der Waals surface area (Å²) in [5.74, 6) is 0. The Labute approximate surface area is 92.1 Å². The number of sulfonamides is 1. The summed E-state index contributed by atoms with van der Waals surface area (Å²) in [4.78, 5) is 2.45. The first kappa shape index (κ1) is 11.4. The second-order valence-electron chi connectivity index (χ2n) is 4.81. The fourth-order valence-electron chi connectivity index (χ4n) is 2.79. The Morgan fingerprint density at radius 2 is 1.87 bits per heavy atom. The molecule has 1 saturated carbocycles. The lowest BCUT2D eigenvalue weighted by atomic mass is 10.2. The Kier molecular flexibility index (Phi) is 3.33. The molecule has 2 aliphatic rings. The average Bonchev–Trinajstić information content (AvgIpc) is 2.68. The van der Waals surface area contributed by atoms with Gasteiger partial charge in [0.1, 0.15) is 0 Å². The normalized spacial score (nSPS) is 30.1. The van der Waals surface area contributed by atoms with E-state index in [4.69, 9.17) is 0 Å². The van der Waals surface area contributed by atoms with Gasteiger partial charge in [0.25, 0.3) is 0 Å². The molecule has 1 N–H and O–H groups in total. The molecule has 0 aromatic rings. The number of nitrogens with one attached hydrogen (secondary N) is 1. The summed E-state index contributed by atoms with van der Waals surface area (Å²) < 4.78 is 24.9. The largest absolute Gasteiger partial charge is 0.299 e. The molecule has 5 heteroatoms. The third-order valence-corrected chi connectivity index (χ3v) is 4.20. The summed E-state index contributed by atoms with van der Waals surface area (Å²) in [6.45, 7) is 1.95. The van der Waals surface area contributed by atoms with E-state index in [0.29, 0.717) is 0 Å². The summed E-state index contributed by atoms with van der Waals surface area (Å²) in [7, 11) is -3.03. The van der Waals surface area contributed by atoms with Crippen LogP contribution in [0.2, 0.25) is 0 Å². The van der Waals surface area contributed by atoms with Crippen molar-refractivity contribution < 1.29 is 8.42 Å². The third-order valence-electron chi connectivity index (χ3n) is 3.44. The van der Waals surface area contributed by atoms with Crippen molar-refractivity contribution >= 4 is 10.0 Å². The molecule has 4 nitrogen and oxygen atoms in total. The Balaban J connectivity index is 1.84. The highest BCUT2D eigenvalue weighted by Crippen LogP contribution is 2.26. The quantitative estimate of drug-likeness (QED) is 0.773. The fraction of sp³-hybridized carbons (Fsp3) is 1.00. The van der Waals surface area contributed by atoms with Gasteiger partial charge in [0.15, 0.2) is 0 Å². The van der Waals surface area contributed by atoms with Crippen molar-refractivity contribution in [1.82, 2.24) is 9.62 Å². The molecule has 1 atom stereocenters. The Morgan fingerprint density at radius 1 is 1.20 bits per heavy atom. The van der Waals surface area contributed by atoms with Gasteiger partial charge < -0.3 is 0 Å². The van der Waals surface area contributed by atoms with Crippen molar-refractivity contribution in [2.24, 2.45) is 0 Å². The van der Waals surface area contributed by atoms with Gasteiger partial charge in [-0.05, 0) is 19.3 Å². The maximum atomic E-state index is 11.1. The Hall–Kier alpha value is -0.130. The number of rotatable bonds is 3. The van der Waals surface area contributed by atoms with E-state index >= 15 is 0 Å². The smallest absolute Gasteiger partial charge is 0.208 e. The van der Waals surface area contributed by atoms with Crippen LogP contribution in [0.15, 0.2) is 0 Å². The van der Waals surface area contributed by atoms with Crippen LogP contribution >= 0.6 is 0 Å². The average molecular weight is 232 g/mol. The molecule has 15 heavy (non-hydrogen) atoms. The summed E-state index contributed by atoms with van der Waals surface area (Å²) in [5.41, 5.74) is 0. The van der Waals surface area contributed by atoms with Gasteiger partial charge in [-0.3, -0.25) is 4.90 Å². The van der Waals surface area contributed by atoms with Gasteiger partial charge in [0, 0.05) is 25.2 Å². The highest BCUT2D eigenvalue weighted by atomic mass is 32.2. The van der Waals surface area contributed by atoms with Crippen LogP contribution in [0.25, 0.3) is 0 Å². The van der Waals surface area contributed by atoms with E-state index in [1.165, 1.54) is 31.9 Å². The summed E-state index contributed by atoms with van der Waals surface area (Å²) in [5, 5.41) is 0. The zero-order valence-electron chi connectivity index (χ0n) is 9.28. The van der Waals surface area contributed by atoms with E-state index < -0.39 is 10.0 Å². The maximum absolute atomic E-state index is 11.1. The first-order chi connectivity index (χ1) is 7.04. The SMILES string of the molecule is CS(=O)(=O)NC1CCN(C2CCCC2)C1. The molecule has 0 spiro atoms. The molecular formula is C10H20N2O2S. The summed E-state index contributed by atoms with van der Waals surface area (Å²) >= 11 is 0. The third kappa shape index (κ3) is 3.16. The zero-order valence-corrected chi connectivity index (χ0v) is 10.1. The van der Waals surface area contributed by atoms with Gasteiger partial charge in [0.05, 0.1) is 6.26 Å². The lowest BCUT2D eigenvalue weighted by molar-refractivity contribution is 0.242. The molecule has 2 fully saturated rings. The first-order valence-electron chi connectivity index (χ1n) is 5.76. The van der Waals surface area contributed by atoms with E-state index in [1.54, 1.807) is 0 Å². The molecule has 0 aromatic carbocycles. The Morgan fingerprint density at radius 3 is 2.47 bits per heavy atom. The number of hydrogen-bond acceptors (Lipinski definition) is 3. The minimum atomic E-state index is -3.03. The lowest BCUT2D eigenvalue weighted by Gasteiger charge is -2.23. The van der Waals surface area contributed by atoms with Crippen molar-refractivity contribution in [2.75, 3.05) is 19.3 Å². The molecule has 2 rings (SSSR count). The van der Waals surface area contributed by atoms with Crippen LogP contribution in [0.5, 0.6) is 0 Å². The standard InChI is InChI=1S/C10H20N2O2S/c1-15(13,14)11-9-6-7-12(8-9)10-4-2-3-5-10/h9-11H,2-8H2,1H3. The van der Waals surface area contributed by atoms with E-state index in [9.17, 15) is 8.42 Å². The Bertz CT molecular complexity index is 309. The van der Waals surface area contributed by atoms with Gasteiger partial charge in [0.2, 0.25) is 10.0 Å². The lowest BCUT2D eigenvalue weighted by Crippen LogP contribution is -2.38. The van der Waals surface area contributed by atoms with Crippen LogP contribution in [0.4, 0.5) is 0 Å². The first-order valence-corrected chi connectivity index (χ1v) is 7.65. The monoisotopic (exact) mass is 232 g/mol. The number of hydrogen-bond donors (Lipinski definition) is 1. The minimum Gasteiger partial charge on any atom is -0.299 e. The van der Waals surface area contributed by atoms with Crippen molar-refractivity contribution in [3.63, 3.8) is 0 Å². The minimum absolute atomic E-state index is 0.139. The van der Waals surface area contributed by atoms with E-state index in [2.05, 4.69) is 9.62 Å². The van der Waals surface area contributed by atoms with E-state index in [0.717, 1.165) is 25.6 Å². The van der Waals surface area contributed by atoms with Crippen molar-refractivity contribution in [3.05, 3.63) is 0 Å². The molecular weight excluding hydrogens is 212 g/mol. The van der Waals surface area contributed by atoms with Crippen LogP contribution < -0.4 is 4.72 Å². The highest BCUT2D eigenvalue weighted by Gasteiger charge is 2.30. The molecule has 1 unspecified atom stereocenters. The van der Waals surface area contributed by atoms with Crippen LogP contribution in [-0.2, 0) is 10.0 Å². The predicted molar refractivity (Wildman–Crippen MR) is 60.2 cm³/mol. The van der Waals surface area contributed by atoms with E-state index in [-0.39, 0.29) is 6.04 Å². The molecule has 1 saturated heterocycles. The molecule has 0 radical (unpaired) electrons. The summed E-state index contributed by atoms with van der Waals surface area (Å²) in [6.07, 6.45) is 7.47.